The number of aromatic nitrogens is 2. The minimum Gasteiger partial charge on any atom is -0.497 e. The summed E-state index contributed by atoms with van der Waals surface area (Å²) in [6, 6.07) is 9.83. The number of nitro groups is 1. The first kappa shape index (κ1) is 23.6. The van der Waals surface area contributed by atoms with Crippen LogP contribution in [-0.2, 0) is 11.0 Å². The minimum atomic E-state index is -4.65. The van der Waals surface area contributed by atoms with Crippen molar-refractivity contribution in [2.75, 3.05) is 12.4 Å². The smallest absolute Gasteiger partial charge is 0.435 e. The lowest BCUT2D eigenvalue weighted by atomic mass is 10.2. The first-order chi connectivity index (χ1) is 15.5. The van der Waals surface area contributed by atoms with E-state index in [2.05, 4.69) is 10.4 Å². The van der Waals surface area contributed by atoms with Gasteiger partial charge in [0.2, 0.25) is 5.91 Å². The van der Waals surface area contributed by atoms with Gasteiger partial charge in [-0.05, 0) is 44.2 Å². The molecule has 9 nitrogen and oxygen atoms in total. The number of anilines is 1. The van der Waals surface area contributed by atoms with E-state index in [1.165, 1.54) is 33.1 Å². The SMILES string of the molecule is COc1ccc(Oc2cc(NC(=O)C(C)n3nc(C(F)(F)F)cc3C)cc([N+](=O)[O-])c2)cc1. The van der Waals surface area contributed by atoms with Gasteiger partial charge in [0.1, 0.15) is 23.3 Å². The van der Waals surface area contributed by atoms with Gasteiger partial charge in [-0.2, -0.15) is 18.3 Å². The maximum absolute atomic E-state index is 12.9. The Labute approximate surface area is 185 Å². The summed E-state index contributed by atoms with van der Waals surface area (Å²) < 4.78 is 50.4. The molecule has 0 saturated heterocycles. The number of non-ortho nitro benzene ring substituents is 1. The third-order valence-corrected chi connectivity index (χ3v) is 4.62. The van der Waals surface area contributed by atoms with Gasteiger partial charge in [-0.1, -0.05) is 0 Å². The summed E-state index contributed by atoms with van der Waals surface area (Å²) in [5, 5.41) is 17.3. The topological polar surface area (TPSA) is 109 Å². The molecule has 33 heavy (non-hydrogen) atoms. The van der Waals surface area contributed by atoms with Crippen LogP contribution in [-0.4, -0.2) is 27.7 Å². The van der Waals surface area contributed by atoms with Gasteiger partial charge in [-0.3, -0.25) is 19.6 Å². The minimum absolute atomic E-state index is 0.0328. The number of amides is 1. The van der Waals surface area contributed by atoms with E-state index in [9.17, 15) is 28.1 Å². The Balaban J connectivity index is 1.84. The third kappa shape index (κ3) is 5.59. The van der Waals surface area contributed by atoms with Crippen molar-refractivity contribution in [3.8, 4) is 17.2 Å². The van der Waals surface area contributed by atoms with Crippen LogP contribution in [0.25, 0.3) is 0 Å². The molecule has 12 heteroatoms. The lowest BCUT2D eigenvalue weighted by Gasteiger charge is -2.15. The molecule has 174 valence electrons. The zero-order valence-electron chi connectivity index (χ0n) is 17.7. The number of methoxy groups -OCH3 is 1. The second-order valence-electron chi connectivity index (χ2n) is 7.03. The number of alkyl halides is 3. The predicted octanol–water partition coefficient (Wildman–Crippen LogP) is 5.12. The number of rotatable bonds is 7. The maximum Gasteiger partial charge on any atom is 0.435 e. The average molecular weight is 464 g/mol. The molecule has 0 bridgehead atoms. The Kier molecular flexibility index (Phi) is 6.56. The number of benzene rings is 2. The summed E-state index contributed by atoms with van der Waals surface area (Å²) in [5.74, 6) is 0.317. The van der Waals surface area contributed by atoms with Crippen LogP contribution in [0.15, 0.2) is 48.5 Å². The molecule has 0 radical (unpaired) electrons. The summed E-state index contributed by atoms with van der Waals surface area (Å²) in [6.07, 6.45) is -4.65. The predicted molar refractivity (Wildman–Crippen MR) is 111 cm³/mol. The highest BCUT2D eigenvalue weighted by Crippen LogP contribution is 2.32. The van der Waals surface area contributed by atoms with E-state index >= 15 is 0 Å². The Morgan fingerprint density at radius 2 is 1.76 bits per heavy atom. The van der Waals surface area contributed by atoms with Crippen molar-refractivity contribution >= 4 is 17.3 Å². The quantitative estimate of drug-likeness (QED) is 0.384. The van der Waals surface area contributed by atoms with Gasteiger partial charge >= 0.3 is 6.18 Å². The van der Waals surface area contributed by atoms with E-state index < -0.39 is 28.7 Å². The lowest BCUT2D eigenvalue weighted by Crippen LogP contribution is -2.25. The summed E-state index contributed by atoms with van der Waals surface area (Å²) in [7, 11) is 1.50. The summed E-state index contributed by atoms with van der Waals surface area (Å²) in [6.45, 7) is 2.75. The van der Waals surface area contributed by atoms with Crippen LogP contribution >= 0.6 is 0 Å². The molecule has 2 aromatic carbocycles. The van der Waals surface area contributed by atoms with Gasteiger partial charge in [-0.25, -0.2) is 0 Å². The van der Waals surface area contributed by atoms with E-state index in [1.807, 2.05) is 0 Å². The van der Waals surface area contributed by atoms with Crippen molar-refractivity contribution in [3.05, 3.63) is 70.0 Å². The number of carbonyl (C=O) groups excluding carboxylic acids is 1. The van der Waals surface area contributed by atoms with Gasteiger partial charge in [-0.15, -0.1) is 0 Å². The highest BCUT2D eigenvalue weighted by Gasteiger charge is 2.35. The Morgan fingerprint density at radius 3 is 2.30 bits per heavy atom. The molecule has 1 aromatic heterocycles. The van der Waals surface area contributed by atoms with Crippen LogP contribution in [0, 0.1) is 17.0 Å². The number of aryl methyl sites for hydroxylation is 1. The van der Waals surface area contributed by atoms with E-state index in [0.717, 1.165) is 16.8 Å². The second-order valence-corrected chi connectivity index (χ2v) is 7.03. The molecule has 0 fully saturated rings. The van der Waals surface area contributed by atoms with Crippen LogP contribution in [0.2, 0.25) is 0 Å². The lowest BCUT2D eigenvalue weighted by molar-refractivity contribution is -0.384. The van der Waals surface area contributed by atoms with Crippen LogP contribution < -0.4 is 14.8 Å². The Morgan fingerprint density at radius 1 is 1.12 bits per heavy atom. The Bertz CT molecular complexity index is 1180. The first-order valence-electron chi connectivity index (χ1n) is 9.53. The summed E-state index contributed by atoms with van der Waals surface area (Å²) in [5.41, 5.74) is -1.30. The van der Waals surface area contributed by atoms with Gasteiger partial charge in [0.15, 0.2) is 5.69 Å². The molecule has 1 atom stereocenters. The number of ether oxygens (including phenoxy) is 2. The van der Waals surface area contributed by atoms with Crippen LogP contribution in [0.3, 0.4) is 0 Å². The second kappa shape index (κ2) is 9.18. The maximum atomic E-state index is 12.9. The highest BCUT2D eigenvalue weighted by molar-refractivity contribution is 5.94. The van der Waals surface area contributed by atoms with E-state index in [1.54, 1.807) is 24.3 Å². The molecular weight excluding hydrogens is 445 g/mol. The monoisotopic (exact) mass is 464 g/mol. The number of nitrogens with one attached hydrogen (secondary N) is 1. The van der Waals surface area contributed by atoms with Gasteiger partial charge in [0, 0.05) is 17.8 Å². The van der Waals surface area contributed by atoms with Gasteiger partial charge in [0.25, 0.3) is 5.69 Å². The Hall–Kier alpha value is -4.09. The van der Waals surface area contributed by atoms with Gasteiger partial charge < -0.3 is 14.8 Å². The molecule has 3 rings (SSSR count). The van der Waals surface area contributed by atoms with Gasteiger partial charge in [0.05, 0.1) is 23.8 Å². The molecule has 0 spiro atoms. The molecule has 0 aliphatic rings. The highest BCUT2D eigenvalue weighted by atomic mass is 19.4. The number of halogens is 3. The van der Waals surface area contributed by atoms with E-state index in [-0.39, 0.29) is 22.8 Å². The summed E-state index contributed by atoms with van der Waals surface area (Å²) >= 11 is 0. The number of carbonyl (C=O) groups is 1. The molecule has 0 aliphatic heterocycles. The number of nitro benzene ring substituents is 1. The first-order valence-corrected chi connectivity index (χ1v) is 9.53. The molecular formula is C21H19F3N4O5. The number of nitrogens with zero attached hydrogens (tertiary/aromatic N) is 3. The van der Waals surface area contributed by atoms with E-state index in [4.69, 9.17) is 9.47 Å². The fraction of sp³-hybridized carbons (Fsp3) is 0.238. The van der Waals surface area contributed by atoms with Crippen LogP contribution in [0.1, 0.15) is 24.4 Å². The standard InChI is InChI=1S/C21H19F3N4O5/c1-12-8-19(21(22,23)24)26-27(12)13(2)20(29)25-14-9-15(28(30)31)11-18(10-14)33-17-6-4-16(32-3)5-7-17/h4-11,13H,1-3H3,(H,25,29). The fourth-order valence-electron chi connectivity index (χ4n) is 2.98. The summed E-state index contributed by atoms with van der Waals surface area (Å²) in [4.78, 5) is 23.3. The molecule has 1 N–H and O–H groups in total. The largest absolute Gasteiger partial charge is 0.497 e. The van der Waals surface area contributed by atoms with Crippen LogP contribution in [0.5, 0.6) is 17.2 Å². The van der Waals surface area contributed by atoms with Crippen molar-refractivity contribution in [2.45, 2.75) is 26.1 Å². The zero-order chi connectivity index (χ0) is 24.3. The molecule has 0 saturated carbocycles. The third-order valence-electron chi connectivity index (χ3n) is 4.62. The molecule has 0 aliphatic carbocycles. The normalized spacial score (nSPS) is 12.2. The molecule has 1 heterocycles. The number of hydrogen-bond acceptors (Lipinski definition) is 6. The zero-order valence-corrected chi connectivity index (χ0v) is 17.7. The van der Waals surface area contributed by atoms with E-state index in [0.29, 0.717) is 11.5 Å². The molecule has 1 unspecified atom stereocenters. The van der Waals surface area contributed by atoms with Crippen molar-refractivity contribution < 1.29 is 32.4 Å². The average Bonchev–Trinajstić information content (AvgIpc) is 3.15. The van der Waals surface area contributed by atoms with Crippen molar-refractivity contribution in [2.24, 2.45) is 0 Å². The molecule has 3 aromatic rings. The van der Waals surface area contributed by atoms with Crippen molar-refractivity contribution in [1.82, 2.24) is 9.78 Å². The fourth-order valence-corrected chi connectivity index (χ4v) is 2.98. The van der Waals surface area contributed by atoms with Crippen molar-refractivity contribution in [3.63, 3.8) is 0 Å². The van der Waals surface area contributed by atoms with Crippen molar-refractivity contribution in [1.29, 1.82) is 0 Å². The van der Waals surface area contributed by atoms with Crippen LogP contribution in [0.4, 0.5) is 24.5 Å². The number of hydrogen-bond donors (Lipinski definition) is 1. The molecule has 1 amide bonds.